The Morgan fingerprint density at radius 1 is 1.45 bits per heavy atom. The summed E-state index contributed by atoms with van der Waals surface area (Å²) in [4.78, 5) is 16.8. The fraction of sp³-hybridized carbons (Fsp3) is 0.500. The number of aromatic nitrogens is 1. The number of amides is 1. The Bertz CT molecular complexity index is 718. The molecule has 0 unspecified atom stereocenters. The van der Waals surface area contributed by atoms with Crippen molar-refractivity contribution in [3.63, 3.8) is 0 Å². The summed E-state index contributed by atoms with van der Waals surface area (Å²) in [7, 11) is 0. The summed E-state index contributed by atoms with van der Waals surface area (Å²) in [5, 5.41) is 0. The van der Waals surface area contributed by atoms with E-state index >= 15 is 0 Å². The van der Waals surface area contributed by atoms with Crippen LogP contribution in [0.2, 0.25) is 0 Å². The van der Waals surface area contributed by atoms with Gasteiger partial charge in [0.15, 0.2) is 4.80 Å². The zero-order valence-electron chi connectivity index (χ0n) is 13.1. The number of rotatable bonds is 6. The van der Waals surface area contributed by atoms with Crippen LogP contribution in [-0.4, -0.2) is 23.7 Å². The number of halogens is 1. The van der Waals surface area contributed by atoms with Crippen LogP contribution in [0.3, 0.4) is 0 Å². The number of fused-ring (bicyclic) bond motifs is 1. The van der Waals surface area contributed by atoms with E-state index in [-0.39, 0.29) is 17.6 Å². The number of thiazole rings is 1. The van der Waals surface area contributed by atoms with Crippen LogP contribution in [0.4, 0.5) is 4.39 Å². The van der Waals surface area contributed by atoms with Gasteiger partial charge in [-0.15, -0.1) is 0 Å². The zero-order valence-corrected chi connectivity index (χ0v) is 14.0. The lowest BCUT2D eigenvalue weighted by molar-refractivity contribution is -0.118. The number of carbonyl (C=O) groups excluding carboxylic acids is 1. The molecule has 2 rings (SSSR count). The fourth-order valence-electron chi connectivity index (χ4n) is 2.15. The van der Waals surface area contributed by atoms with Crippen LogP contribution < -0.4 is 4.80 Å². The minimum absolute atomic E-state index is 0.146. The molecule has 1 amide bonds. The first kappa shape index (κ1) is 16.8. The van der Waals surface area contributed by atoms with Crippen molar-refractivity contribution in [2.45, 2.75) is 33.7 Å². The summed E-state index contributed by atoms with van der Waals surface area (Å²) in [6, 6.07) is 4.62. The molecule has 0 spiro atoms. The molecular formula is C16H21FN2O2S. The van der Waals surface area contributed by atoms with Crippen LogP contribution in [-0.2, 0) is 16.1 Å². The summed E-state index contributed by atoms with van der Waals surface area (Å²) in [5.74, 6) is -0.169. The molecule has 0 N–H and O–H groups in total. The van der Waals surface area contributed by atoms with Crippen LogP contribution in [0.5, 0.6) is 0 Å². The van der Waals surface area contributed by atoms with Gasteiger partial charge in [0.1, 0.15) is 5.82 Å². The van der Waals surface area contributed by atoms with E-state index in [2.05, 4.69) is 4.99 Å². The highest BCUT2D eigenvalue weighted by Gasteiger charge is 2.09. The average molecular weight is 324 g/mol. The molecule has 1 heterocycles. The molecule has 0 aliphatic carbocycles. The van der Waals surface area contributed by atoms with Crippen molar-refractivity contribution >= 4 is 27.5 Å². The molecule has 0 aliphatic heterocycles. The second kappa shape index (κ2) is 7.65. The van der Waals surface area contributed by atoms with Crippen LogP contribution in [0.25, 0.3) is 10.2 Å². The van der Waals surface area contributed by atoms with Gasteiger partial charge in [-0.1, -0.05) is 25.2 Å². The average Bonchev–Trinajstić information content (AvgIpc) is 2.75. The topological polar surface area (TPSA) is 43.6 Å². The van der Waals surface area contributed by atoms with Crippen molar-refractivity contribution in [3.05, 3.63) is 28.8 Å². The third-order valence-electron chi connectivity index (χ3n) is 3.11. The lowest BCUT2D eigenvalue weighted by atomic mass is 10.1. The van der Waals surface area contributed by atoms with Crippen molar-refractivity contribution in [2.24, 2.45) is 10.9 Å². The lowest BCUT2D eigenvalue weighted by Gasteiger charge is -2.05. The van der Waals surface area contributed by atoms with E-state index in [9.17, 15) is 9.18 Å². The van der Waals surface area contributed by atoms with E-state index in [0.29, 0.717) is 31.0 Å². The summed E-state index contributed by atoms with van der Waals surface area (Å²) < 4.78 is 21.5. The fourth-order valence-corrected chi connectivity index (χ4v) is 3.25. The Hall–Kier alpha value is -1.53. The molecule has 0 atom stereocenters. The van der Waals surface area contributed by atoms with Gasteiger partial charge in [-0.05, 0) is 31.0 Å². The minimum atomic E-state index is -0.286. The second-order valence-corrected chi connectivity index (χ2v) is 6.46. The number of nitrogens with zero attached hydrogens (tertiary/aromatic N) is 2. The first-order valence-corrected chi connectivity index (χ1v) is 8.27. The maximum absolute atomic E-state index is 13.4. The molecule has 4 nitrogen and oxygen atoms in total. The molecule has 6 heteroatoms. The summed E-state index contributed by atoms with van der Waals surface area (Å²) >= 11 is 1.33. The highest BCUT2D eigenvalue weighted by Crippen LogP contribution is 2.18. The largest absolute Gasteiger partial charge is 0.380 e. The molecule has 2 aromatic rings. The van der Waals surface area contributed by atoms with Gasteiger partial charge in [-0.3, -0.25) is 4.79 Å². The van der Waals surface area contributed by atoms with E-state index in [1.807, 2.05) is 25.3 Å². The molecule has 120 valence electrons. The second-order valence-electron chi connectivity index (χ2n) is 5.45. The molecule has 0 aliphatic rings. The number of hydrogen-bond donors (Lipinski definition) is 0. The molecule has 22 heavy (non-hydrogen) atoms. The Balaban J connectivity index is 2.44. The van der Waals surface area contributed by atoms with E-state index in [4.69, 9.17) is 4.74 Å². The van der Waals surface area contributed by atoms with Gasteiger partial charge in [0.2, 0.25) is 5.91 Å². The Labute approximate surface area is 133 Å². The predicted octanol–water partition coefficient (Wildman–Crippen LogP) is 3.35. The maximum Gasteiger partial charge on any atom is 0.248 e. The Morgan fingerprint density at radius 3 is 2.91 bits per heavy atom. The highest BCUT2D eigenvalue weighted by atomic mass is 32.1. The number of hydrogen-bond acceptors (Lipinski definition) is 3. The molecule has 0 bridgehead atoms. The van der Waals surface area contributed by atoms with Gasteiger partial charge in [-0.2, -0.15) is 4.99 Å². The first-order valence-electron chi connectivity index (χ1n) is 7.45. The van der Waals surface area contributed by atoms with Gasteiger partial charge >= 0.3 is 0 Å². The van der Waals surface area contributed by atoms with E-state index in [0.717, 1.165) is 10.2 Å². The van der Waals surface area contributed by atoms with Gasteiger partial charge in [-0.25, -0.2) is 4.39 Å². The molecule has 1 aromatic heterocycles. The minimum Gasteiger partial charge on any atom is -0.380 e. The van der Waals surface area contributed by atoms with Crippen molar-refractivity contribution in [1.29, 1.82) is 0 Å². The summed E-state index contributed by atoms with van der Waals surface area (Å²) in [5.41, 5.74) is 0.877. The molecule has 0 fully saturated rings. The molecule has 0 saturated heterocycles. The van der Waals surface area contributed by atoms with E-state index in [1.54, 1.807) is 6.07 Å². The Kier molecular flexibility index (Phi) is 5.85. The highest BCUT2D eigenvalue weighted by molar-refractivity contribution is 7.16. The van der Waals surface area contributed by atoms with E-state index in [1.165, 1.54) is 23.5 Å². The smallest absolute Gasteiger partial charge is 0.248 e. The predicted molar refractivity (Wildman–Crippen MR) is 86.3 cm³/mol. The molecule has 0 saturated carbocycles. The third kappa shape index (κ3) is 4.24. The van der Waals surface area contributed by atoms with Crippen molar-refractivity contribution < 1.29 is 13.9 Å². The van der Waals surface area contributed by atoms with Gasteiger partial charge in [0.05, 0.1) is 16.8 Å². The monoisotopic (exact) mass is 324 g/mol. The number of benzene rings is 1. The maximum atomic E-state index is 13.4. The van der Waals surface area contributed by atoms with Crippen LogP contribution in [0.1, 0.15) is 27.2 Å². The van der Waals surface area contributed by atoms with Crippen LogP contribution >= 0.6 is 11.3 Å². The molecular weight excluding hydrogens is 303 g/mol. The van der Waals surface area contributed by atoms with Crippen LogP contribution in [0.15, 0.2) is 23.2 Å². The number of carbonyl (C=O) groups is 1. The van der Waals surface area contributed by atoms with Gasteiger partial charge < -0.3 is 9.30 Å². The third-order valence-corrected chi connectivity index (χ3v) is 4.15. The summed E-state index contributed by atoms with van der Waals surface area (Å²) in [6.45, 7) is 7.66. The van der Waals surface area contributed by atoms with Gasteiger partial charge in [0.25, 0.3) is 0 Å². The lowest BCUT2D eigenvalue weighted by Crippen LogP contribution is -2.20. The normalized spacial score (nSPS) is 12.5. The molecule has 1 aromatic carbocycles. The quantitative estimate of drug-likeness (QED) is 0.765. The molecule has 0 radical (unpaired) electrons. The van der Waals surface area contributed by atoms with Crippen LogP contribution in [0, 0.1) is 11.7 Å². The van der Waals surface area contributed by atoms with E-state index < -0.39 is 0 Å². The zero-order chi connectivity index (χ0) is 16.1. The summed E-state index contributed by atoms with van der Waals surface area (Å²) in [6.07, 6.45) is 0.411. The standard InChI is InChI=1S/C16H21FN2O2S/c1-4-21-8-7-19-13-6-5-12(17)10-14(13)22-16(19)18-15(20)9-11(2)3/h5-6,10-11H,4,7-9H2,1-3H3. The Morgan fingerprint density at radius 2 is 2.23 bits per heavy atom. The van der Waals surface area contributed by atoms with Crippen molar-refractivity contribution in [3.8, 4) is 0 Å². The van der Waals surface area contributed by atoms with Crippen molar-refractivity contribution in [2.75, 3.05) is 13.2 Å². The number of ether oxygens (including phenoxy) is 1. The van der Waals surface area contributed by atoms with Gasteiger partial charge in [0, 0.05) is 19.6 Å². The van der Waals surface area contributed by atoms with Crippen molar-refractivity contribution in [1.82, 2.24) is 4.57 Å². The first-order chi connectivity index (χ1) is 10.5. The SMILES string of the molecule is CCOCCn1c(=NC(=O)CC(C)C)sc2cc(F)ccc21.